The summed E-state index contributed by atoms with van der Waals surface area (Å²) in [5.74, 6) is 1.49. The van der Waals surface area contributed by atoms with Gasteiger partial charge in [-0.25, -0.2) is 9.97 Å². The fourth-order valence-electron chi connectivity index (χ4n) is 2.45. The van der Waals surface area contributed by atoms with Crippen LogP contribution in [0.25, 0.3) is 0 Å². The highest BCUT2D eigenvalue weighted by Crippen LogP contribution is 2.16. The minimum absolute atomic E-state index is 0.301. The van der Waals surface area contributed by atoms with Crippen LogP contribution in [-0.4, -0.2) is 42.3 Å². The van der Waals surface area contributed by atoms with Crippen LogP contribution >= 0.6 is 0 Å². The van der Waals surface area contributed by atoms with Crippen molar-refractivity contribution in [3.05, 3.63) is 17.5 Å². The van der Waals surface area contributed by atoms with E-state index in [9.17, 15) is 0 Å². The van der Waals surface area contributed by atoms with Gasteiger partial charge in [-0.3, -0.25) is 0 Å². The van der Waals surface area contributed by atoms with Crippen LogP contribution < -0.4 is 10.2 Å². The summed E-state index contributed by atoms with van der Waals surface area (Å²) in [6.45, 7) is 13.0. The summed E-state index contributed by atoms with van der Waals surface area (Å²) in [4.78, 5) is 11.5. The molecule has 1 aliphatic heterocycles. The summed E-state index contributed by atoms with van der Waals surface area (Å²) >= 11 is 0. The summed E-state index contributed by atoms with van der Waals surface area (Å²) in [5.41, 5.74) is 2.25. The lowest BCUT2D eigenvalue weighted by Crippen LogP contribution is -2.43. The molecule has 0 amide bonds. The molecule has 0 saturated carbocycles. The zero-order valence-electron chi connectivity index (χ0n) is 13.7. The third kappa shape index (κ3) is 4.64. The number of aryl methyl sites for hydroxylation is 1. The monoisotopic (exact) mass is 292 g/mol. The topological polar surface area (TPSA) is 50.3 Å². The van der Waals surface area contributed by atoms with Crippen molar-refractivity contribution in [1.82, 2.24) is 15.3 Å². The van der Waals surface area contributed by atoms with Crippen molar-refractivity contribution in [3.63, 3.8) is 0 Å². The van der Waals surface area contributed by atoms with Crippen molar-refractivity contribution in [3.8, 4) is 0 Å². The van der Waals surface area contributed by atoms with Gasteiger partial charge in [0.25, 0.3) is 0 Å². The van der Waals surface area contributed by atoms with Gasteiger partial charge in [0.15, 0.2) is 0 Å². The molecule has 0 spiro atoms. The first-order valence-corrected chi connectivity index (χ1v) is 8.00. The van der Waals surface area contributed by atoms with Crippen LogP contribution in [0.3, 0.4) is 0 Å². The number of hydrogen-bond acceptors (Lipinski definition) is 5. The Labute approximate surface area is 128 Å². The molecule has 1 unspecified atom stereocenters. The summed E-state index contributed by atoms with van der Waals surface area (Å²) < 4.78 is 5.70. The standard InChI is InChI=1S/C16H28N4O/c1-5-15-11-20(6-7-21-15)16-18-10-14(13(4)19-16)9-17-8-12(2)3/h10,12,15,17H,5-9,11H2,1-4H3. The van der Waals surface area contributed by atoms with Gasteiger partial charge in [0.05, 0.1) is 12.7 Å². The van der Waals surface area contributed by atoms with E-state index in [1.54, 1.807) is 0 Å². The Balaban J connectivity index is 1.97. The van der Waals surface area contributed by atoms with Gasteiger partial charge in [-0.1, -0.05) is 20.8 Å². The van der Waals surface area contributed by atoms with Gasteiger partial charge in [-0.05, 0) is 25.8 Å². The molecule has 0 radical (unpaired) electrons. The van der Waals surface area contributed by atoms with Crippen LogP contribution in [0.5, 0.6) is 0 Å². The average Bonchev–Trinajstić information content (AvgIpc) is 2.48. The lowest BCUT2D eigenvalue weighted by atomic mass is 10.2. The first-order valence-electron chi connectivity index (χ1n) is 8.00. The molecule has 0 aliphatic carbocycles. The van der Waals surface area contributed by atoms with Gasteiger partial charge in [-0.15, -0.1) is 0 Å². The van der Waals surface area contributed by atoms with E-state index in [2.05, 4.69) is 47.9 Å². The third-order valence-corrected chi connectivity index (χ3v) is 3.81. The van der Waals surface area contributed by atoms with Gasteiger partial charge >= 0.3 is 0 Å². The molecule has 118 valence electrons. The Kier molecular flexibility index (Phi) is 5.94. The maximum Gasteiger partial charge on any atom is 0.225 e. The minimum Gasteiger partial charge on any atom is -0.375 e. The van der Waals surface area contributed by atoms with Crippen LogP contribution in [0.1, 0.15) is 38.4 Å². The van der Waals surface area contributed by atoms with Crippen molar-refractivity contribution in [2.24, 2.45) is 5.92 Å². The van der Waals surface area contributed by atoms with Crippen molar-refractivity contribution in [2.45, 2.75) is 46.8 Å². The van der Waals surface area contributed by atoms with Gasteiger partial charge in [0.2, 0.25) is 5.95 Å². The molecule has 1 aromatic rings. The first-order chi connectivity index (χ1) is 10.1. The van der Waals surface area contributed by atoms with E-state index in [1.807, 2.05) is 6.20 Å². The third-order valence-electron chi connectivity index (χ3n) is 3.81. The normalized spacial score (nSPS) is 19.3. The molecule has 1 aliphatic rings. The predicted molar refractivity (Wildman–Crippen MR) is 85.6 cm³/mol. The summed E-state index contributed by atoms with van der Waals surface area (Å²) in [6.07, 6.45) is 3.30. The highest BCUT2D eigenvalue weighted by Gasteiger charge is 2.21. The second kappa shape index (κ2) is 7.71. The second-order valence-corrected chi connectivity index (χ2v) is 6.15. The van der Waals surface area contributed by atoms with E-state index < -0.39 is 0 Å². The highest BCUT2D eigenvalue weighted by atomic mass is 16.5. The quantitative estimate of drug-likeness (QED) is 0.870. The summed E-state index contributed by atoms with van der Waals surface area (Å²) in [6, 6.07) is 0. The highest BCUT2D eigenvalue weighted by molar-refractivity contribution is 5.33. The smallest absolute Gasteiger partial charge is 0.225 e. The van der Waals surface area contributed by atoms with Crippen LogP contribution in [0.2, 0.25) is 0 Å². The molecule has 1 fully saturated rings. The van der Waals surface area contributed by atoms with Gasteiger partial charge in [-0.2, -0.15) is 0 Å². The molecular weight excluding hydrogens is 264 g/mol. The number of aromatic nitrogens is 2. The number of ether oxygens (including phenoxy) is 1. The molecule has 1 atom stereocenters. The zero-order valence-corrected chi connectivity index (χ0v) is 13.7. The number of anilines is 1. The van der Waals surface area contributed by atoms with Crippen LogP contribution in [0.15, 0.2) is 6.20 Å². The number of nitrogens with zero attached hydrogens (tertiary/aromatic N) is 3. The molecule has 1 N–H and O–H groups in total. The van der Waals surface area contributed by atoms with Gasteiger partial charge in [0.1, 0.15) is 0 Å². The number of morpholine rings is 1. The van der Waals surface area contributed by atoms with Crippen LogP contribution in [0, 0.1) is 12.8 Å². The Morgan fingerprint density at radius 2 is 2.29 bits per heavy atom. The molecule has 21 heavy (non-hydrogen) atoms. The maximum atomic E-state index is 5.70. The SMILES string of the molecule is CCC1CN(c2ncc(CNCC(C)C)c(C)n2)CCO1. The predicted octanol–water partition coefficient (Wildman–Crippen LogP) is 2.15. The lowest BCUT2D eigenvalue weighted by molar-refractivity contribution is 0.0378. The molecule has 2 heterocycles. The van der Waals surface area contributed by atoms with E-state index in [-0.39, 0.29) is 0 Å². The second-order valence-electron chi connectivity index (χ2n) is 6.15. The van der Waals surface area contributed by atoms with Gasteiger partial charge in [0, 0.05) is 37.1 Å². The molecule has 0 bridgehead atoms. The minimum atomic E-state index is 0.301. The van der Waals surface area contributed by atoms with Crippen molar-refractivity contribution < 1.29 is 4.74 Å². The van der Waals surface area contributed by atoms with E-state index >= 15 is 0 Å². The average molecular weight is 292 g/mol. The number of nitrogens with one attached hydrogen (secondary N) is 1. The largest absolute Gasteiger partial charge is 0.375 e. The van der Waals surface area contributed by atoms with E-state index in [0.717, 1.165) is 50.8 Å². The Morgan fingerprint density at radius 1 is 1.48 bits per heavy atom. The lowest BCUT2D eigenvalue weighted by Gasteiger charge is -2.32. The number of rotatable bonds is 6. The van der Waals surface area contributed by atoms with Gasteiger partial charge < -0.3 is 15.0 Å². The molecule has 5 nitrogen and oxygen atoms in total. The summed E-state index contributed by atoms with van der Waals surface area (Å²) in [5, 5.41) is 3.44. The van der Waals surface area contributed by atoms with Crippen molar-refractivity contribution >= 4 is 5.95 Å². The summed E-state index contributed by atoms with van der Waals surface area (Å²) in [7, 11) is 0. The van der Waals surface area contributed by atoms with Crippen molar-refractivity contribution in [1.29, 1.82) is 0 Å². The molecule has 0 aromatic carbocycles. The van der Waals surface area contributed by atoms with E-state index in [0.29, 0.717) is 12.0 Å². The first kappa shape index (κ1) is 16.2. The molecule has 5 heteroatoms. The Morgan fingerprint density at radius 3 is 2.95 bits per heavy atom. The van der Waals surface area contributed by atoms with E-state index in [1.165, 1.54) is 5.56 Å². The molecule has 1 saturated heterocycles. The molecule has 2 rings (SSSR count). The van der Waals surface area contributed by atoms with Crippen molar-refractivity contribution in [2.75, 3.05) is 31.1 Å². The molecular formula is C16H28N4O. The fraction of sp³-hybridized carbons (Fsp3) is 0.750. The number of hydrogen-bond donors (Lipinski definition) is 1. The van der Waals surface area contributed by atoms with Crippen LogP contribution in [0.4, 0.5) is 5.95 Å². The fourth-order valence-corrected chi connectivity index (χ4v) is 2.45. The Bertz CT molecular complexity index is 450. The Hall–Kier alpha value is -1.20. The zero-order chi connectivity index (χ0) is 15.2. The van der Waals surface area contributed by atoms with E-state index in [4.69, 9.17) is 4.74 Å². The molecule has 1 aromatic heterocycles. The maximum absolute atomic E-state index is 5.70. The van der Waals surface area contributed by atoms with Crippen LogP contribution in [-0.2, 0) is 11.3 Å².